The molecule has 3 aromatic carbocycles. The van der Waals surface area contributed by atoms with Crippen LogP contribution in [0.2, 0.25) is 5.04 Å². The van der Waals surface area contributed by atoms with E-state index in [1.807, 2.05) is 12.1 Å². The molecule has 13 nitrogen and oxygen atoms in total. The minimum Gasteiger partial charge on any atom is -0.460 e. The first kappa shape index (κ1) is 52.1. The second-order valence-corrected chi connectivity index (χ2v) is 19.3. The number of benzene rings is 3. The van der Waals surface area contributed by atoms with Gasteiger partial charge in [-0.1, -0.05) is 94.8 Å². The number of carbonyl (C=O) groups excluding carboxylic acids is 1. The van der Waals surface area contributed by atoms with Crippen LogP contribution in [-0.2, 0) is 51.8 Å². The third kappa shape index (κ3) is 22.1. The Labute approximate surface area is 366 Å². The van der Waals surface area contributed by atoms with Gasteiger partial charge in [-0.2, -0.15) is 0 Å². The molecule has 0 unspecified atom stereocenters. The number of nitrogens with one attached hydrogen (secondary N) is 1. The van der Waals surface area contributed by atoms with Crippen LogP contribution in [0.4, 0.5) is 5.69 Å². The maximum Gasteiger partial charge on any atom is 0.338 e. The third-order valence-corrected chi connectivity index (χ3v) is 14.4. The van der Waals surface area contributed by atoms with Crippen molar-refractivity contribution in [3.63, 3.8) is 0 Å². The van der Waals surface area contributed by atoms with Gasteiger partial charge in [0.05, 0.1) is 131 Å². The van der Waals surface area contributed by atoms with Crippen molar-refractivity contribution in [2.24, 2.45) is 0 Å². The van der Waals surface area contributed by atoms with Gasteiger partial charge in [-0.05, 0) is 46.1 Å². The highest BCUT2D eigenvalue weighted by molar-refractivity contribution is 6.99. The number of esters is 1. The van der Waals surface area contributed by atoms with Crippen LogP contribution in [0, 0.1) is 0 Å². The summed E-state index contributed by atoms with van der Waals surface area (Å²) in [5.74, 6) is -0.362. The van der Waals surface area contributed by atoms with Crippen LogP contribution in [0.15, 0.2) is 84.9 Å². The average Bonchev–Trinajstić information content (AvgIpc) is 3.27. The summed E-state index contributed by atoms with van der Waals surface area (Å²) in [6.45, 7) is 19.1. The summed E-state index contributed by atoms with van der Waals surface area (Å²) in [7, 11) is -2.55. The number of hydrogen-bond donors (Lipinski definition) is 1. The lowest BCUT2D eigenvalue weighted by Crippen LogP contribution is -2.66. The lowest BCUT2D eigenvalue weighted by molar-refractivity contribution is -0.0262. The molecule has 3 rings (SSSR count). The number of ether oxygens (including phenoxy) is 10. The Morgan fingerprint density at radius 1 is 0.475 bits per heavy atom. The Bertz CT molecular complexity index is 1440. The van der Waals surface area contributed by atoms with Gasteiger partial charge in [-0.3, -0.25) is 0 Å². The van der Waals surface area contributed by atoms with Gasteiger partial charge in [0.2, 0.25) is 0 Å². The first-order valence-corrected chi connectivity index (χ1v) is 23.7. The zero-order chi connectivity index (χ0) is 43.5. The largest absolute Gasteiger partial charge is 0.460 e. The predicted octanol–water partition coefficient (Wildman–Crippen LogP) is 5.78. The van der Waals surface area contributed by atoms with E-state index in [1.165, 1.54) is 10.4 Å². The molecule has 0 aliphatic heterocycles. The fraction of sp³-hybridized carbons (Fsp3) is 0.596. The normalized spacial score (nSPS) is 11.9. The van der Waals surface area contributed by atoms with E-state index in [4.69, 9.17) is 51.8 Å². The summed E-state index contributed by atoms with van der Waals surface area (Å²) in [5, 5.41) is 5.79. The van der Waals surface area contributed by atoms with Crippen molar-refractivity contribution in [1.82, 2.24) is 0 Å². The van der Waals surface area contributed by atoms with Crippen LogP contribution >= 0.6 is 0 Å². The van der Waals surface area contributed by atoms with Gasteiger partial charge in [-0.15, -0.1) is 0 Å². The molecule has 0 aliphatic carbocycles. The maximum absolute atomic E-state index is 12.2. The van der Waals surface area contributed by atoms with Crippen LogP contribution in [0.1, 0.15) is 50.9 Å². The fourth-order valence-electron chi connectivity index (χ4n) is 6.29. The molecule has 0 bridgehead atoms. The number of rotatable bonds is 38. The average molecular weight is 872 g/mol. The Balaban J connectivity index is 1.01. The zero-order valence-corrected chi connectivity index (χ0v) is 38.2. The van der Waals surface area contributed by atoms with Crippen LogP contribution in [-0.4, -0.2) is 153 Å². The highest BCUT2D eigenvalue weighted by atomic mass is 28.4. The number of unbranched alkanes of at least 4 members (excludes halogenated alkanes) is 1. The summed E-state index contributed by atoms with van der Waals surface area (Å²) in [5.41, 5.74) is 1.51. The van der Waals surface area contributed by atoms with E-state index < -0.39 is 8.32 Å². The zero-order valence-electron chi connectivity index (χ0n) is 37.2. The second-order valence-electron chi connectivity index (χ2n) is 15.0. The highest BCUT2D eigenvalue weighted by Crippen LogP contribution is 2.36. The molecule has 0 spiro atoms. The Morgan fingerprint density at radius 3 is 1.16 bits per heavy atom. The van der Waals surface area contributed by atoms with Gasteiger partial charge >= 0.3 is 5.97 Å². The number of carbonyl (C=O) groups is 1. The maximum atomic E-state index is 12.2. The SMILES string of the molecule is CCCCNc1ccc(C(=O)OCCOCCOCCOCCOCCOCCOCCOCCOCCOCCO[Si](c2ccccc2)(c2ccccc2)C(C)(C)C)cc1. The summed E-state index contributed by atoms with van der Waals surface area (Å²) < 4.78 is 62.3. The van der Waals surface area contributed by atoms with Crippen molar-refractivity contribution < 1.29 is 56.6 Å². The van der Waals surface area contributed by atoms with Gasteiger partial charge in [-0.25, -0.2) is 4.79 Å². The van der Waals surface area contributed by atoms with E-state index >= 15 is 0 Å². The van der Waals surface area contributed by atoms with Gasteiger partial charge in [0, 0.05) is 12.2 Å². The Morgan fingerprint density at radius 2 is 0.820 bits per heavy atom. The quantitative estimate of drug-likeness (QED) is 0.0425. The summed E-state index contributed by atoms with van der Waals surface area (Å²) in [6, 6.07) is 28.6. The van der Waals surface area contributed by atoms with E-state index in [0.29, 0.717) is 131 Å². The van der Waals surface area contributed by atoms with E-state index in [0.717, 1.165) is 25.1 Å². The van der Waals surface area contributed by atoms with Crippen LogP contribution in [0.3, 0.4) is 0 Å². The summed E-state index contributed by atoms with van der Waals surface area (Å²) in [6.07, 6.45) is 2.24. The Kier molecular flexibility index (Phi) is 28.5. The molecule has 0 saturated heterocycles. The summed E-state index contributed by atoms with van der Waals surface area (Å²) in [4.78, 5) is 12.2. The molecule has 342 valence electrons. The molecule has 61 heavy (non-hydrogen) atoms. The van der Waals surface area contributed by atoms with E-state index in [9.17, 15) is 4.79 Å². The lowest BCUT2D eigenvalue weighted by atomic mass is 10.2. The highest BCUT2D eigenvalue weighted by Gasteiger charge is 2.50. The molecular formula is C47H73NO12Si. The van der Waals surface area contributed by atoms with Gasteiger partial charge < -0.3 is 57.1 Å². The van der Waals surface area contributed by atoms with Crippen molar-refractivity contribution in [2.75, 3.05) is 144 Å². The first-order valence-electron chi connectivity index (χ1n) is 21.8. The third-order valence-electron chi connectivity index (χ3n) is 9.38. The molecule has 0 heterocycles. The molecular weight excluding hydrogens is 799 g/mol. The molecule has 0 amide bonds. The van der Waals surface area contributed by atoms with E-state index in [2.05, 4.69) is 93.7 Å². The van der Waals surface area contributed by atoms with Gasteiger partial charge in [0.25, 0.3) is 8.32 Å². The molecule has 0 saturated carbocycles. The van der Waals surface area contributed by atoms with Crippen LogP contribution in [0.25, 0.3) is 0 Å². The minimum atomic E-state index is -2.55. The molecule has 0 aliphatic rings. The van der Waals surface area contributed by atoms with Crippen LogP contribution in [0.5, 0.6) is 0 Å². The molecule has 14 heteroatoms. The first-order chi connectivity index (χ1) is 29.9. The number of anilines is 1. The minimum absolute atomic E-state index is 0.0625. The number of hydrogen-bond acceptors (Lipinski definition) is 13. The standard InChI is InChI=1S/C47H73NO12Si/c1-5-6-21-48-43-19-17-42(18-20-43)46(49)59-40-38-57-36-34-55-32-30-53-28-26-51-24-22-50-23-25-52-27-29-54-31-33-56-35-37-58-39-41-60-61(47(2,3)4,44-13-9-7-10-14-44)45-15-11-8-12-16-45/h7-20,48H,5-6,21-41H2,1-4H3. The second kappa shape index (κ2) is 33.3. The van der Waals surface area contributed by atoms with Crippen molar-refractivity contribution in [3.05, 3.63) is 90.5 Å². The topological polar surface area (TPSA) is 131 Å². The van der Waals surface area contributed by atoms with E-state index in [-0.39, 0.29) is 17.6 Å². The van der Waals surface area contributed by atoms with Gasteiger partial charge in [0.1, 0.15) is 6.61 Å². The molecule has 0 radical (unpaired) electrons. The van der Waals surface area contributed by atoms with Gasteiger partial charge in [0.15, 0.2) is 0 Å². The molecule has 3 aromatic rings. The molecule has 0 aromatic heterocycles. The van der Waals surface area contributed by atoms with Crippen molar-refractivity contribution in [3.8, 4) is 0 Å². The Hall–Kier alpha value is -3.25. The molecule has 0 atom stereocenters. The van der Waals surface area contributed by atoms with Crippen molar-refractivity contribution in [1.29, 1.82) is 0 Å². The van der Waals surface area contributed by atoms with Crippen molar-refractivity contribution >= 4 is 30.3 Å². The monoisotopic (exact) mass is 871 g/mol. The molecule has 1 N–H and O–H groups in total. The van der Waals surface area contributed by atoms with E-state index in [1.54, 1.807) is 12.1 Å². The van der Waals surface area contributed by atoms with Crippen molar-refractivity contribution in [2.45, 2.75) is 45.6 Å². The lowest BCUT2D eigenvalue weighted by Gasteiger charge is -2.43. The fourth-order valence-corrected chi connectivity index (χ4v) is 10.8. The predicted molar refractivity (Wildman–Crippen MR) is 241 cm³/mol. The smallest absolute Gasteiger partial charge is 0.338 e. The van der Waals surface area contributed by atoms with Crippen LogP contribution < -0.4 is 15.7 Å². The summed E-state index contributed by atoms with van der Waals surface area (Å²) >= 11 is 0. The molecule has 0 fully saturated rings.